The van der Waals surface area contributed by atoms with E-state index in [1.54, 1.807) is 12.3 Å². The third-order valence-electron chi connectivity index (χ3n) is 3.30. The van der Waals surface area contributed by atoms with Crippen LogP contribution < -0.4 is 0 Å². The van der Waals surface area contributed by atoms with Gasteiger partial charge < -0.3 is 5.11 Å². The van der Waals surface area contributed by atoms with Crippen LogP contribution >= 0.6 is 0 Å². The van der Waals surface area contributed by atoms with Crippen LogP contribution in [0.25, 0.3) is 22.2 Å². The summed E-state index contributed by atoms with van der Waals surface area (Å²) in [5.41, 5.74) is 2.33. The topological polar surface area (TPSA) is 63.8 Å². The van der Waals surface area contributed by atoms with E-state index in [0.29, 0.717) is 5.52 Å². The summed E-state index contributed by atoms with van der Waals surface area (Å²) in [4.78, 5) is 4.22. The van der Waals surface area contributed by atoms with Crippen molar-refractivity contribution in [2.45, 2.75) is 26.3 Å². The minimum atomic E-state index is 0.183. The lowest BCUT2D eigenvalue weighted by molar-refractivity contribution is 0.480. The minimum absolute atomic E-state index is 0.183. The molecule has 0 amide bonds. The van der Waals surface area contributed by atoms with Crippen LogP contribution in [0.5, 0.6) is 5.75 Å². The number of phenols is 1. The first kappa shape index (κ1) is 12.6. The monoisotopic (exact) mass is 268 g/mol. The second-order valence-electron chi connectivity index (χ2n) is 4.75. The zero-order valence-corrected chi connectivity index (χ0v) is 11.3. The fourth-order valence-electron chi connectivity index (χ4n) is 2.23. The molecule has 0 unspecified atom stereocenters. The smallest absolute Gasteiger partial charge is 0.141 e. The molecule has 102 valence electrons. The predicted molar refractivity (Wildman–Crippen MR) is 77.3 cm³/mol. The molecule has 0 fully saturated rings. The van der Waals surface area contributed by atoms with E-state index < -0.39 is 0 Å². The van der Waals surface area contributed by atoms with Crippen molar-refractivity contribution in [1.29, 1.82) is 0 Å². The van der Waals surface area contributed by atoms with E-state index in [2.05, 4.69) is 22.2 Å². The lowest BCUT2D eigenvalue weighted by Gasteiger charge is -2.04. The first-order valence-electron chi connectivity index (χ1n) is 6.77. The Bertz CT molecular complexity index is 736. The quantitative estimate of drug-likeness (QED) is 0.790. The van der Waals surface area contributed by atoms with Gasteiger partial charge in [0.25, 0.3) is 0 Å². The van der Waals surface area contributed by atoms with Crippen molar-refractivity contribution in [3.05, 3.63) is 36.7 Å². The molecule has 2 aromatic heterocycles. The Kier molecular flexibility index (Phi) is 3.33. The summed E-state index contributed by atoms with van der Waals surface area (Å²) in [5.74, 6) is 0.183. The molecule has 3 aromatic rings. The number of hydrogen-bond acceptors (Lipinski definition) is 4. The molecular formula is C15H16N4O. The normalized spacial score (nSPS) is 11.1. The van der Waals surface area contributed by atoms with Gasteiger partial charge in [0, 0.05) is 23.7 Å². The van der Waals surface area contributed by atoms with Gasteiger partial charge in [-0.25, -0.2) is 0 Å². The van der Waals surface area contributed by atoms with E-state index in [4.69, 9.17) is 0 Å². The van der Waals surface area contributed by atoms with E-state index in [1.807, 2.05) is 29.1 Å². The summed E-state index contributed by atoms with van der Waals surface area (Å²) in [6.45, 7) is 3.02. The Labute approximate surface area is 116 Å². The molecule has 0 aliphatic heterocycles. The van der Waals surface area contributed by atoms with Gasteiger partial charge in [0.2, 0.25) is 0 Å². The number of fused-ring (bicyclic) bond motifs is 1. The fourth-order valence-corrected chi connectivity index (χ4v) is 2.23. The number of phenolic OH excluding ortho intramolecular Hbond substituents is 1. The van der Waals surface area contributed by atoms with Gasteiger partial charge in [-0.1, -0.05) is 24.6 Å². The molecule has 0 saturated heterocycles. The first-order valence-corrected chi connectivity index (χ1v) is 6.77. The predicted octanol–water partition coefficient (Wildman–Crippen LogP) is 3.00. The van der Waals surface area contributed by atoms with Crippen molar-refractivity contribution in [3.63, 3.8) is 0 Å². The molecule has 1 N–H and O–H groups in total. The van der Waals surface area contributed by atoms with Gasteiger partial charge in [0.05, 0.1) is 6.20 Å². The van der Waals surface area contributed by atoms with Crippen LogP contribution in [-0.4, -0.2) is 25.1 Å². The molecule has 3 rings (SSSR count). The molecular weight excluding hydrogens is 252 g/mol. The van der Waals surface area contributed by atoms with Gasteiger partial charge in [0.15, 0.2) is 0 Å². The van der Waals surface area contributed by atoms with E-state index in [9.17, 15) is 5.11 Å². The fraction of sp³-hybridized carbons (Fsp3) is 0.267. The van der Waals surface area contributed by atoms with Gasteiger partial charge >= 0.3 is 0 Å². The number of aryl methyl sites for hydroxylation is 1. The maximum Gasteiger partial charge on any atom is 0.141 e. The highest BCUT2D eigenvalue weighted by atomic mass is 16.3. The lowest BCUT2D eigenvalue weighted by atomic mass is 10.1. The van der Waals surface area contributed by atoms with E-state index in [0.717, 1.165) is 36.0 Å². The van der Waals surface area contributed by atoms with Crippen molar-refractivity contribution in [1.82, 2.24) is 20.0 Å². The maximum atomic E-state index is 9.86. The van der Waals surface area contributed by atoms with E-state index in [1.165, 1.54) is 0 Å². The number of aromatic nitrogens is 4. The SMILES string of the molecule is CCCCn1cc(-c2ccc(O)c3ncccc23)nn1. The number of hydrogen-bond donors (Lipinski definition) is 1. The first-order chi connectivity index (χ1) is 9.79. The highest BCUT2D eigenvalue weighted by molar-refractivity contribution is 5.96. The molecule has 0 bridgehead atoms. The van der Waals surface area contributed by atoms with Crippen LogP contribution in [0.15, 0.2) is 36.7 Å². The van der Waals surface area contributed by atoms with Gasteiger partial charge in [-0.15, -0.1) is 5.10 Å². The van der Waals surface area contributed by atoms with Crippen molar-refractivity contribution < 1.29 is 5.11 Å². The molecule has 1 aromatic carbocycles. The minimum Gasteiger partial charge on any atom is -0.506 e. The molecule has 0 aliphatic carbocycles. The number of aromatic hydroxyl groups is 1. The van der Waals surface area contributed by atoms with Gasteiger partial charge in [-0.3, -0.25) is 9.67 Å². The zero-order valence-electron chi connectivity index (χ0n) is 11.3. The molecule has 0 aliphatic rings. The highest BCUT2D eigenvalue weighted by Crippen LogP contribution is 2.31. The zero-order chi connectivity index (χ0) is 13.9. The van der Waals surface area contributed by atoms with Crippen molar-refractivity contribution in [2.75, 3.05) is 0 Å². The highest BCUT2D eigenvalue weighted by Gasteiger charge is 2.10. The van der Waals surface area contributed by atoms with Crippen LogP contribution in [-0.2, 0) is 6.54 Å². The Morgan fingerprint density at radius 2 is 2.15 bits per heavy atom. The van der Waals surface area contributed by atoms with E-state index in [-0.39, 0.29) is 5.75 Å². The summed E-state index contributed by atoms with van der Waals surface area (Å²) in [6.07, 6.45) is 5.82. The maximum absolute atomic E-state index is 9.86. The number of unbranched alkanes of at least 4 members (excludes halogenated alkanes) is 1. The summed E-state index contributed by atoms with van der Waals surface area (Å²) >= 11 is 0. The molecule has 20 heavy (non-hydrogen) atoms. The third-order valence-corrected chi connectivity index (χ3v) is 3.30. The molecule has 0 saturated carbocycles. The number of nitrogens with zero attached hydrogens (tertiary/aromatic N) is 4. The molecule has 5 heteroatoms. The summed E-state index contributed by atoms with van der Waals surface area (Å²) in [7, 11) is 0. The van der Waals surface area contributed by atoms with Gasteiger partial charge in [-0.05, 0) is 24.6 Å². The second kappa shape index (κ2) is 5.28. The van der Waals surface area contributed by atoms with E-state index >= 15 is 0 Å². The van der Waals surface area contributed by atoms with Crippen LogP contribution in [0, 0.1) is 0 Å². The summed E-state index contributed by atoms with van der Waals surface area (Å²) < 4.78 is 1.86. The molecule has 0 atom stereocenters. The number of rotatable bonds is 4. The molecule has 0 spiro atoms. The Hall–Kier alpha value is -2.43. The molecule has 0 radical (unpaired) electrons. The number of benzene rings is 1. The van der Waals surface area contributed by atoms with Gasteiger partial charge in [0.1, 0.15) is 17.0 Å². The Morgan fingerprint density at radius 1 is 1.25 bits per heavy atom. The van der Waals surface area contributed by atoms with Crippen molar-refractivity contribution >= 4 is 10.9 Å². The summed E-state index contributed by atoms with van der Waals surface area (Å²) in [6, 6.07) is 7.29. The molecule has 2 heterocycles. The average Bonchev–Trinajstić information content (AvgIpc) is 2.94. The van der Waals surface area contributed by atoms with Crippen LogP contribution in [0.4, 0.5) is 0 Å². The Balaban J connectivity index is 2.06. The van der Waals surface area contributed by atoms with Crippen LogP contribution in [0.1, 0.15) is 19.8 Å². The Morgan fingerprint density at radius 3 is 3.00 bits per heavy atom. The van der Waals surface area contributed by atoms with Crippen molar-refractivity contribution in [3.8, 4) is 17.0 Å². The molecule has 5 nitrogen and oxygen atoms in total. The lowest BCUT2D eigenvalue weighted by Crippen LogP contribution is -1.97. The second-order valence-corrected chi connectivity index (χ2v) is 4.75. The average molecular weight is 268 g/mol. The third kappa shape index (κ3) is 2.22. The largest absolute Gasteiger partial charge is 0.506 e. The van der Waals surface area contributed by atoms with Crippen LogP contribution in [0.2, 0.25) is 0 Å². The van der Waals surface area contributed by atoms with Gasteiger partial charge in [-0.2, -0.15) is 0 Å². The van der Waals surface area contributed by atoms with Crippen LogP contribution in [0.3, 0.4) is 0 Å². The number of pyridine rings is 1. The summed E-state index contributed by atoms with van der Waals surface area (Å²) in [5, 5.41) is 19.1. The standard InChI is InChI=1S/C15H16N4O/c1-2-3-9-19-10-13(17-18-19)11-6-7-14(20)15-12(11)5-4-8-16-15/h4-8,10,20H,2-3,9H2,1H3. The van der Waals surface area contributed by atoms with Crippen molar-refractivity contribution in [2.24, 2.45) is 0 Å².